The Balaban J connectivity index is 1.80. The van der Waals surface area contributed by atoms with Crippen molar-refractivity contribution in [1.29, 1.82) is 0 Å². The van der Waals surface area contributed by atoms with Crippen LogP contribution in [0, 0.1) is 11.7 Å². The minimum absolute atomic E-state index is 0.0825. The van der Waals surface area contributed by atoms with Crippen molar-refractivity contribution in [3.05, 3.63) is 30.1 Å². The molecule has 1 N–H and O–H groups in total. The number of benzene rings is 1. The number of likely N-dealkylation sites (tertiary alicyclic amines) is 1. The van der Waals surface area contributed by atoms with E-state index in [1.807, 2.05) is 4.90 Å². The Kier molecular flexibility index (Phi) is 5.27. The zero-order valence-corrected chi connectivity index (χ0v) is 12.0. The highest BCUT2D eigenvalue weighted by molar-refractivity contribution is 5.92. The van der Waals surface area contributed by atoms with Crippen LogP contribution in [0.3, 0.4) is 0 Å². The fraction of sp³-hybridized carbons (Fsp3) is 0.467. The molecule has 0 bridgehead atoms. The number of nitrogens with zero attached hydrogens (tertiary/aromatic N) is 1. The van der Waals surface area contributed by atoms with Gasteiger partial charge in [0.15, 0.2) is 0 Å². The average Bonchev–Trinajstić information content (AvgIpc) is 2.49. The molecule has 2 rings (SSSR count). The quantitative estimate of drug-likeness (QED) is 0.858. The summed E-state index contributed by atoms with van der Waals surface area (Å²) >= 11 is 0. The lowest BCUT2D eigenvalue weighted by Crippen LogP contribution is -2.41. The predicted octanol–water partition coefficient (Wildman–Crippen LogP) is 1.65. The van der Waals surface area contributed by atoms with Gasteiger partial charge >= 0.3 is 5.97 Å². The van der Waals surface area contributed by atoms with Gasteiger partial charge in [-0.05, 0) is 38.1 Å². The second kappa shape index (κ2) is 7.17. The molecule has 0 spiro atoms. The third-order valence-corrected chi connectivity index (χ3v) is 3.64. The summed E-state index contributed by atoms with van der Waals surface area (Å²) in [6.07, 6.45) is 1.36. The molecule has 0 aromatic heterocycles. The zero-order valence-electron chi connectivity index (χ0n) is 12.0. The number of esters is 1. The van der Waals surface area contributed by atoms with Crippen molar-refractivity contribution >= 4 is 17.6 Å². The number of ether oxygens (including phenoxy) is 1. The Labute approximate surface area is 123 Å². The van der Waals surface area contributed by atoms with Crippen LogP contribution >= 0.6 is 0 Å². The molecular weight excluding hydrogens is 275 g/mol. The normalized spacial score (nSPS) is 16.5. The molecule has 1 aliphatic heterocycles. The summed E-state index contributed by atoms with van der Waals surface area (Å²) in [5.41, 5.74) is 0.187. The minimum Gasteiger partial charge on any atom is -0.469 e. The van der Waals surface area contributed by atoms with Gasteiger partial charge < -0.3 is 10.1 Å². The van der Waals surface area contributed by atoms with Crippen LogP contribution in [0.4, 0.5) is 10.1 Å². The van der Waals surface area contributed by atoms with E-state index in [2.05, 4.69) is 5.32 Å². The lowest BCUT2D eigenvalue weighted by atomic mass is 9.97. The standard InChI is InChI=1S/C15H19FN2O3/c1-21-15(20)11-6-8-18(9-7-11)10-14(19)17-13-5-3-2-4-12(13)16/h2-5,11H,6-10H2,1H3,(H,17,19). The van der Waals surface area contributed by atoms with Gasteiger partial charge in [-0.2, -0.15) is 0 Å². The maximum atomic E-state index is 13.4. The molecule has 114 valence electrons. The first-order chi connectivity index (χ1) is 10.1. The summed E-state index contributed by atoms with van der Waals surface area (Å²) in [5, 5.41) is 2.56. The fourth-order valence-corrected chi connectivity index (χ4v) is 2.45. The maximum absolute atomic E-state index is 13.4. The first-order valence-corrected chi connectivity index (χ1v) is 6.94. The summed E-state index contributed by atoms with van der Waals surface area (Å²) in [6, 6.07) is 6.07. The van der Waals surface area contributed by atoms with Crippen LogP contribution in [-0.2, 0) is 14.3 Å². The highest BCUT2D eigenvalue weighted by Gasteiger charge is 2.26. The average molecular weight is 294 g/mol. The van der Waals surface area contributed by atoms with Crippen LogP contribution in [0.15, 0.2) is 24.3 Å². The Morgan fingerprint density at radius 3 is 2.62 bits per heavy atom. The molecule has 0 radical (unpaired) electrons. The van der Waals surface area contributed by atoms with E-state index in [0.717, 1.165) is 0 Å². The summed E-state index contributed by atoms with van der Waals surface area (Å²) in [5.74, 6) is -0.974. The van der Waals surface area contributed by atoms with Gasteiger partial charge in [0, 0.05) is 0 Å². The fourth-order valence-electron chi connectivity index (χ4n) is 2.45. The number of methoxy groups -OCH3 is 1. The molecule has 1 aromatic rings. The highest BCUT2D eigenvalue weighted by atomic mass is 19.1. The van der Waals surface area contributed by atoms with Crippen LogP contribution in [-0.4, -0.2) is 43.5 Å². The second-order valence-corrected chi connectivity index (χ2v) is 5.10. The first-order valence-electron chi connectivity index (χ1n) is 6.94. The van der Waals surface area contributed by atoms with Gasteiger partial charge in [0.2, 0.25) is 5.91 Å². The summed E-state index contributed by atoms with van der Waals surface area (Å²) in [6.45, 7) is 1.51. The van der Waals surface area contributed by atoms with E-state index >= 15 is 0 Å². The molecule has 21 heavy (non-hydrogen) atoms. The van der Waals surface area contributed by atoms with Crippen molar-refractivity contribution in [3.63, 3.8) is 0 Å². The summed E-state index contributed by atoms with van der Waals surface area (Å²) < 4.78 is 18.1. The van der Waals surface area contributed by atoms with E-state index in [1.165, 1.54) is 19.2 Å². The number of rotatable bonds is 4. The number of nitrogens with one attached hydrogen (secondary N) is 1. The number of hydrogen-bond donors (Lipinski definition) is 1. The van der Waals surface area contributed by atoms with Gasteiger partial charge in [0.05, 0.1) is 25.3 Å². The van der Waals surface area contributed by atoms with E-state index in [9.17, 15) is 14.0 Å². The van der Waals surface area contributed by atoms with Gasteiger partial charge in [-0.15, -0.1) is 0 Å². The van der Waals surface area contributed by atoms with Crippen molar-refractivity contribution in [2.45, 2.75) is 12.8 Å². The van der Waals surface area contributed by atoms with E-state index in [-0.39, 0.29) is 30.0 Å². The second-order valence-electron chi connectivity index (χ2n) is 5.10. The number of amides is 1. The molecule has 1 amide bonds. The van der Waals surface area contributed by atoms with E-state index in [1.54, 1.807) is 12.1 Å². The zero-order chi connectivity index (χ0) is 15.2. The van der Waals surface area contributed by atoms with Gasteiger partial charge in [-0.25, -0.2) is 4.39 Å². The molecule has 0 unspecified atom stereocenters. The molecular formula is C15H19FN2O3. The van der Waals surface area contributed by atoms with Crippen molar-refractivity contribution in [3.8, 4) is 0 Å². The molecule has 0 saturated carbocycles. The smallest absolute Gasteiger partial charge is 0.308 e. The van der Waals surface area contributed by atoms with Crippen molar-refractivity contribution in [2.24, 2.45) is 5.92 Å². The Hall–Kier alpha value is -1.95. The molecule has 0 aliphatic carbocycles. The maximum Gasteiger partial charge on any atom is 0.308 e. The number of halogens is 1. The van der Waals surface area contributed by atoms with E-state index in [4.69, 9.17) is 4.74 Å². The lowest BCUT2D eigenvalue weighted by Gasteiger charge is -2.29. The number of carbonyl (C=O) groups is 2. The Morgan fingerprint density at radius 2 is 2.00 bits per heavy atom. The number of carbonyl (C=O) groups excluding carboxylic acids is 2. The van der Waals surface area contributed by atoms with Gasteiger partial charge in [-0.1, -0.05) is 12.1 Å². The van der Waals surface area contributed by atoms with Crippen molar-refractivity contribution in [1.82, 2.24) is 4.90 Å². The molecule has 1 fully saturated rings. The number of anilines is 1. The van der Waals surface area contributed by atoms with Gasteiger partial charge in [-0.3, -0.25) is 14.5 Å². The first kappa shape index (κ1) is 15.4. The third kappa shape index (κ3) is 4.26. The van der Waals surface area contributed by atoms with Crippen LogP contribution in [0.2, 0.25) is 0 Å². The summed E-state index contributed by atoms with van der Waals surface area (Å²) in [4.78, 5) is 25.3. The topological polar surface area (TPSA) is 58.6 Å². The van der Waals surface area contributed by atoms with Crippen molar-refractivity contribution < 1.29 is 18.7 Å². The lowest BCUT2D eigenvalue weighted by molar-refractivity contribution is -0.147. The predicted molar refractivity (Wildman–Crippen MR) is 76.2 cm³/mol. The molecule has 1 aromatic carbocycles. The molecule has 1 heterocycles. The number of para-hydroxylation sites is 1. The minimum atomic E-state index is -0.449. The molecule has 1 aliphatic rings. The monoisotopic (exact) mass is 294 g/mol. The van der Waals surface area contributed by atoms with Crippen molar-refractivity contribution in [2.75, 3.05) is 32.1 Å². The van der Waals surface area contributed by atoms with Crippen LogP contribution < -0.4 is 5.32 Å². The molecule has 6 heteroatoms. The molecule has 1 saturated heterocycles. The summed E-state index contributed by atoms with van der Waals surface area (Å²) in [7, 11) is 1.39. The van der Waals surface area contributed by atoms with Crippen LogP contribution in [0.1, 0.15) is 12.8 Å². The van der Waals surface area contributed by atoms with Crippen LogP contribution in [0.5, 0.6) is 0 Å². The number of piperidine rings is 1. The van der Waals surface area contributed by atoms with E-state index < -0.39 is 5.82 Å². The van der Waals surface area contributed by atoms with Crippen LogP contribution in [0.25, 0.3) is 0 Å². The molecule has 0 atom stereocenters. The third-order valence-electron chi connectivity index (χ3n) is 3.64. The Morgan fingerprint density at radius 1 is 1.33 bits per heavy atom. The number of hydrogen-bond acceptors (Lipinski definition) is 4. The SMILES string of the molecule is COC(=O)C1CCN(CC(=O)Nc2ccccc2F)CC1. The van der Waals surface area contributed by atoms with E-state index in [0.29, 0.717) is 25.9 Å². The van der Waals surface area contributed by atoms with Gasteiger partial charge in [0.1, 0.15) is 5.82 Å². The highest BCUT2D eigenvalue weighted by Crippen LogP contribution is 2.18. The Bertz CT molecular complexity index is 513. The largest absolute Gasteiger partial charge is 0.469 e. The van der Waals surface area contributed by atoms with Gasteiger partial charge in [0.25, 0.3) is 0 Å². The molecule has 5 nitrogen and oxygen atoms in total.